The molecule has 92 valence electrons. The number of aryl methyl sites for hydroxylation is 2. The van der Waals surface area contributed by atoms with Crippen molar-refractivity contribution in [2.24, 2.45) is 0 Å². The highest BCUT2D eigenvalue weighted by Crippen LogP contribution is 2.43. The summed E-state index contributed by atoms with van der Waals surface area (Å²) < 4.78 is 0. The van der Waals surface area contributed by atoms with Crippen molar-refractivity contribution < 1.29 is 0 Å². The van der Waals surface area contributed by atoms with Crippen molar-refractivity contribution in [2.75, 3.05) is 5.32 Å². The van der Waals surface area contributed by atoms with Crippen molar-refractivity contribution in [1.82, 2.24) is 4.98 Å². The van der Waals surface area contributed by atoms with Crippen LogP contribution in [0.2, 0.25) is 0 Å². The molecule has 0 atom stereocenters. The van der Waals surface area contributed by atoms with Gasteiger partial charge in [-0.2, -0.15) is 0 Å². The molecule has 0 amide bonds. The van der Waals surface area contributed by atoms with Crippen LogP contribution in [0, 0.1) is 13.8 Å². The highest BCUT2D eigenvalue weighted by Gasteiger charge is 2.18. The predicted molar refractivity (Wildman–Crippen MR) is 79.9 cm³/mol. The molecule has 2 aromatic carbocycles. The summed E-state index contributed by atoms with van der Waals surface area (Å²) in [5.41, 5.74) is 7.50. The Bertz CT molecular complexity index is 814. The summed E-state index contributed by atoms with van der Waals surface area (Å²) in [6, 6.07) is 10.9. The minimum absolute atomic E-state index is 1.10. The van der Waals surface area contributed by atoms with Gasteiger partial charge in [0.05, 0.1) is 11.9 Å². The predicted octanol–water partition coefficient (Wildman–Crippen LogP) is 4.58. The topological polar surface area (TPSA) is 24.9 Å². The standard InChI is InChI=1S/C17H14N2/c1-10-6-14-13-5-3-4-12-8-18-9-16(17(12)13)19-15(14)7-11(10)2/h3-9,19H,1-2H3. The number of benzene rings is 2. The van der Waals surface area contributed by atoms with Crippen molar-refractivity contribution in [2.45, 2.75) is 13.8 Å². The summed E-state index contributed by atoms with van der Waals surface area (Å²) in [6.07, 6.45) is 3.83. The van der Waals surface area contributed by atoms with E-state index in [2.05, 4.69) is 54.5 Å². The molecule has 1 N–H and O–H groups in total. The minimum Gasteiger partial charge on any atom is -0.353 e. The van der Waals surface area contributed by atoms with Crippen LogP contribution in [0.4, 0.5) is 11.4 Å². The SMILES string of the molecule is Cc1cc2c(cc1C)-c1cccc3cncc(c13)N2. The van der Waals surface area contributed by atoms with Gasteiger partial charge in [-0.1, -0.05) is 18.2 Å². The van der Waals surface area contributed by atoms with Crippen LogP contribution >= 0.6 is 0 Å². The van der Waals surface area contributed by atoms with E-state index in [-0.39, 0.29) is 0 Å². The second kappa shape index (κ2) is 3.58. The van der Waals surface area contributed by atoms with Crippen LogP contribution in [0.5, 0.6) is 0 Å². The zero-order chi connectivity index (χ0) is 13.0. The summed E-state index contributed by atoms with van der Waals surface area (Å²) in [5, 5.41) is 5.97. The van der Waals surface area contributed by atoms with Crippen molar-refractivity contribution in [3.8, 4) is 11.1 Å². The quantitative estimate of drug-likeness (QED) is 0.491. The van der Waals surface area contributed by atoms with Gasteiger partial charge in [0.1, 0.15) is 0 Å². The lowest BCUT2D eigenvalue weighted by atomic mass is 9.91. The summed E-state index contributed by atoms with van der Waals surface area (Å²) >= 11 is 0. The maximum Gasteiger partial charge on any atom is 0.0656 e. The Labute approximate surface area is 112 Å². The first-order valence-corrected chi connectivity index (χ1v) is 6.49. The van der Waals surface area contributed by atoms with Gasteiger partial charge in [0.2, 0.25) is 0 Å². The lowest BCUT2D eigenvalue weighted by Crippen LogP contribution is -2.02. The summed E-state index contributed by atoms with van der Waals surface area (Å²) in [4.78, 5) is 4.31. The van der Waals surface area contributed by atoms with Crippen molar-refractivity contribution in [3.05, 3.63) is 53.9 Å². The molecule has 0 saturated carbocycles. The summed E-state index contributed by atoms with van der Waals surface area (Å²) in [7, 11) is 0. The van der Waals surface area contributed by atoms with Gasteiger partial charge in [-0.3, -0.25) is 4.98 Å². The molecule has 0 aliphatic carbocycles. The maximum absolute atomic E-state index is 4.31. The molecule has 0 spiro atoms. The van der Waals surface area contributed by atoms with E-state index in [4.69, 9.17) is 0 Å². The Hall–Kier alpha value is -2.35. The van der Waals surface area contributed by atoms with Gasteiger partial charge < -0.3 is 5.32 Å². The van der Waals surface area contributed by atoms with E-state index in [0.29, 0.717) is 0 Å². The molecule has 1 aliphatic rings. The molecule has 0 bridgehead atoms. The average molecular weight is 246 g/mol. The molecule has 1 aromatic heterocycles. The molecule has 0 unspecified atom stereocenters. The molecule has 1 aliphatic heterocycles. The maximum atomic E-state index is 4.31. The highest BCUT2D eigenvalue weighted by molar-refractivity contribution is 6.10. The van der Waals surface area contributed by atoms with E-state index in [1.54, 1.807) is 0 Å². The van der Waals surface area contributed by atoms with E-state index in [1.165, 1.54) is 38.7 Å². The van der Waals surface area contributed by atoms with E-state index in [0.717, 1.165) is 5.69 Å². The van der Waals surface area contributed by atoms with Crippen LogP contribution < -0.4 is 5.32 Å². The summed E-state index contributed by atoms with van der Waals surface area (Å²) in [5.74, 6) is 0. The third-order valence-corrected chi connectivity index (χ3v) is 3.98. The molecule has 0 radical (unpaired) electrons. The van der Waals surface area contributed by atoms with E-state index < -0.39 is 0 Å². The number of fused-ring (bicyclic) bond motifs is 2. The van der Waals surface area contributed by atoms with Crippen molar-refractivity contribution >= 4 is 22.1 Å². The van der Waals surface area contributed by atoms with Gasteiger partial charge in [-0.15, -0.1) is 0 Å². The first-order valence-electron chi connectivity index (χ1n) is 6.49. The lowest BCUT2D eigenvalue weighted by Gasteiger charge is -2.23. The Morgan fingerprint density at radius 2 is 1.74 bits per heavy atom. The number of nitrogens with one attached hydrogen (secondary N) is 1. The molecule has 19 heavy (non-hydrogen) atoms. The number of anilines is 2. The van der Waals surface area contributed by atoms with E-state index in [9.17, 15) is 0 Å². The van der Waals surface area contributed by atoms with Crippen molar-refractivity contribution in [3.63, 3.8) is 0 Å². The zero-order valence-corrected chi connectivity index (χ0v) is 11.0. The fourth-order valence-electron chi connectivity index (χ4n) is 2.84. The minimum atomic E-state index is 1.10. The highest BCUT2D eigenvalue weighted by atomic mass is 14.9. The van der Waals surface area contributed by atoms with Crippen LogP contribution in [0.3, 0.4) is 0 Å². The molecule has 2 nitrogen and oxygen atoms in total. The first-order chi connectivity index (χ1) is 9.24. The number of nitrogens with zero attached hydrogens (tertiary/aromatic N) is 1. The van der Waals surface area contributed by atoms with Crippen molar-refractivity contribution in [1.29, 1.82) is 0 Å². The van der Waals surface area contributed by atoms with Gasteiger partial charge in [0.25, 0.3) is 0 Å². The largest absolute Gasteiger partial charge is 0.353 e. The molecule has 0 fully saturated rings. The number of hydrogen-bond acceptors (Lipinski definition) is 2. The zero-order valence-electron chi connectivity index (χ0n) is 11.0. The second-order valence-corrected chi connectivity index (χ2v) is 5.20. The normalized spacial score (nSPS) is 12.1. The van der Waals surface area contributed by atoms with Gasteiger partial charge in [-0.05, 0) is 42.7 Å². The average Bonchev–Trinajstić information content (AvgIpc) is 2.42. The number of pyridine rings is 1. The molecular weight excluding hydrogens is 232 g/mol. The summed E-state index contributed by atoms with van der Waals surface area (Å²) in [6.45, 7) is 4.31. The van der Waals surface area contributed by atoms with Crippen LogP contribution in [-0.4, -0.2) is 4.98 Å². The van der Waals surface area contributed by atoms with Gasteiger partial charge >= 0.3 is 0 Å². The van der Waals surface area contributed by atoms with Gasteiger partial charge in [-0.25, -0.2) is 0 Å². The monoisotopic (exact) mass is 246 g/mol. The Morgan fingerprint density at radius 3 is 2.63 bits per heavy atom. The fourth-order valence-corrected chi connectivity index (χ4v) is 2.84. The molecule has 2 heterocycles. The van der Waals surface area contributed by atoms with Gasteiger partial charge in [0, 0.05) is 28.2 Å². The third kappa shape index (κ3) is 1.40. The first kappa shape index (κ1) is 10.6. The second-order valence-electron chi connectivity index (χ2n) is 5.20. The Balaban J connectivity index is 2.16. The molecule has 3 aromatic rings. The molecule has 0 saturated heterocycles. The van der Waals surface area contributed by atoms with E-state index in [1.807, 2.05) is 12.4 Å². The third-order valence-electron chi connectivity index (χ3n) is 3.98. The molecular formula is C17H14N2. The number of hydrogen-bond donors (Lipinski definition) is 1. The number of rotatable bonds is 0. The van der Waals surface area contributed by atoms with Gasteiger partial charge in [0.15, 0.2) is 0 Å². The van der Waals surface area contributed by atoms with Crippen LogP contribution in [0.1, 0.15) is 11.1 Å². The molecule has 4 rings (SSSR count). The van der Waals surface area contributed by atoms with Crippen LogP contribution in [0.25, 0.3) is 21.9 Å². The smallest absolute Gasteiger partial charge is 0.0656 e. The number of aromatic nitrogens is 1. The lowest BCUT2D eigenvalue weighted by molar-refractivity contribution is 1.31. The van der Waals surface area contributed by atoms with Crippen LogP contribution in [0.15, 0.2) is 42.7 Å². The molecule has 2 heteroatoms. The van der Waals surface area contributed by atoms with Crippen LogP contribution in [-0.2, 0) is 0 Å². The Morgan fingerprint density at radius 1 is 0.895 bits per heavy atom. The van der Waals surface area contributed by atoms with E-state index >= 15 is 0 Å². The Kier molecular flexibility index (Phi) is 1.99. The fraction of sp³-hybridized carbons (Fsp3) is 0.118.